The Kier molecular flexibility index (Phi) is 5.55. The highest BCUT2D eigenvalue weighted by molar-refractivity contribution is 8.00. The van der Waals surface area contributed by atoms with Crippen LogP contribution in [0.15, 0.2) is 52.4 Å². The molecule has 0 aliphatic rings. The Balaban J connectivity index is 2.25. The summed E-state index contributed by atoms with van der Waals surface area (Å²) in [6.07, 6.45) is 0. The number of hydrogen-bond donors (Lipinski definition) is 0. The number of hydrogen-bond acceptors (Lipinski definition) is 5. The maximum absolute atomic E-state index is 13.1. The predicted molar refractivity (Wildman–Crippen MR) is 105 cm³/mol. The summed E-state index contributed by atoms with van der Waals surface area (Å²) in [5, 5.41) is 1.29. The molecule has 3 rings (SSSR count). The fraction of sp³-hybridized carbons (Fsp3) is 0.167. The van der Waals surface area contributed by atoms with Gasteiger partial charge in [0, 0.05) is 10.0 Å². The van der Waals surface area contributed by atoms with Crippen molar-refractivity contribution in [3.8, 4) is 5.69 Å². The van der Waals surface area contributed by atoms with Gasteiger partial charge in [-0.15, -0.1) is 0 Å². The Morgan fingerprint density at radius 2 is 1.81 bits per heavy atom. The summed E-state index contributed by atoms with van der Waals surface area (Å²) in [6.45, 7) is 1.69. The maximum Gasteiger partial charge on any atom is 0.318 e. The Bertz CT molecular complexity index is 1040. The average molecular weight is 409 g/mol. The van der Waals surface area contributed by atoms with Gasteiger partial charge in [0.1, 0.15) is 5.25 Å². The number of halogens is 2. The van der Waals surface area contributed by atoms with Gasteiger partial charge in [-0.1, -0.05) is 35.0 Å². The molecule has 0 fully saturated rings. The number of ether oxygens (including phenoxy) is 1. The first kappa shape index (κ1) is 18.8. The van der Waals surface area contributed by atoms with E-state index in [1.54, 1.807) is 49.4 Å². The van der Waals surface area contributed by atoms with Crippen LogP contribution in [0, 0.1) is 0 Å². The molecule has 0 N–H and O–H groups in total. The molecule has 0 radical (unpaired) electrons. The predicted octanol–water partition coefficient (Wildman–Crippen LogP) is 4.35. The fourth-order valence-corrected chi connectivity index (χ4v) is 3.65. The molecule has 0 saturated carbocycles. The van der Waals surface area contributed by atoms with Crippen LogP contribution < -0.4 is 5.56 Å². The van der Waals surface area contributed by atoms with Crippen LogP contribution in [0.4, 0.5) is 0 Å². The number of aromatic nitrogens is 2. The monoisotopic (exact) mass is 408 g/mol. The molecule has 134 valence electrons. The summed E-state index contributed by atoms with van der Waals surface area (Å²) in [6, 6.07) is 11.7. The summed E-state index contributed by atoms with van der Waals surface area (Å²) < 4.78 is 6.22. The number of carbonyl (C=O) groups excluding carboxylic acids is 1. The molecule has 0 bridgehead atoms. The second kappa shape index (κ2) is 7.70. The zero-order chi connectivity index (χ0) is 18.8. The summed E-state index contributed by atoms with van der Waals surface area (Å²) in [7, 11) is 1.32. The summed E-state index contributed by atoms with van der Waals surface area (Å²) >= 11 is 13.1. The quantitative estimate of drug-likeness (QED) is 0.364. The number of esters is 1. The molecule has 0 aliphatic carbocycles. The lowest BCUT2D eigenvalue weighted by Gasteiger charge is -2.15. The van der Waals surface area contributed by atoms with E-state index >= 15 is 0 Å². The van der Waals surface area contributed by atoms with Crippen molar-refractivity contribution in [2.75, 3.05) is 7.11 Å². The first-order valence-electron chi connectivity index (χ1n) is 7.63. The molecule has 8 heteroatoms. The van der Waals surface area contributed by atoms with Crippen LogP contribution in [0.1, 0.15) is 6.92 Å². The average Bonchev–Trinajstić information content (AvgIpc) is 2.62. The number of rotatable bonds is 4. The third-order valence-corrected chi connectivity index (χ3v) is 5.22. The van der Waals surface area contributed by atoms with Crippen molar-refractivity contribution in [1.29, 1.82) is 0 Å². The highest BCUT2D eigenvalue weighted by atomic mass is 35.5. The van der Waals surface area contributed by atoms with E-state index in [1.807, 2.05) is 0 Å². The van der Waals surface area contributed by atoms with Gasteiger partial charge in [-0.2, -0.15) is 0 Å². The van der Waals surface area contributed by atoms with Gasteiger partial charge in [-0.3, -0.25) is 14.2 Å². The minimum absolute atomic E-state index is 0.256. The smallest absolute Gasteiger partial charge is 0.318 e. The van der Waals surface area contributed by atoms with Crippen molar-refractivity contribution in [3.63, 3.8) is 0 Å². The minimum atomic E-state index is -0.540. The van der Waals surface area contributed by atoms with Gasteiger partial charge in [0.05, 0.1) is 23.7 Å². The van der Waals surface area contributed by atoms with E-state index < -0.39 is 11.2 Å². The minimum Gasteiger partial charge on any atom is -0.468 e. The Hall–Kier alpha value is -2.02. The van der Waals surface area contributed by atoms with Gasteiger partial charge in [-0.05, 0) is 49.4 Å². The number of fused-ring (bicyclic) bond motifs is 1. The number of thioether (sulfide) groups is 1. The van der Waals surface area contributed by atoms with Crippen LogP contribution in [0.5, 0.6) is 0 Å². The van der Waals surface area contributed by atoms with Crippen molar-refractivity contribution in [2.24, 2.45) is 0 Å². The van der Waals surface area contributed by atoms with Crippen molar-refractivity contribution < 1.29 is 9.53 Å². The number of nitrogens with zero attached hydrogens (tertiary/aromatic N) is 2. The molecular formula is C18H14Cl2N2O3S. The van der Waals surface area contributed by atoms with Crippen LogP contribution in [0.2, 0.25) is 10.0 Å². The third kappa shape index (κ3) is 3.72. The van der Waals surface area contributed by atoms with Crippen molar-refractivity contribution in [1.82, 2.24) is 9.55 Å². The Labute approximate surface area is 163 Å². The van der Waals surface area contributed by atoms with Crippen molar-refractivity contribution in [3.05, 3.63) is 62.9 Å². The van der Waals surface area contributed by atoms with Gasteiger partial charge >= 0.3 is 5.97 Å². The van der Waals surface area contributed by atoms with Crippen molar-refractivity contribution >= 4 is 51.8 Å². The molecule has 1 aromatic heterocycles. The molecule has 5 nitrogen and oxygen atoms in total. The Morgan fingerprint density at radius 1 is 1.15 bits per heavy atom. The zero-order valence-electron chi connectivity index (χ0n) is 13.9. The lowest BCUT2D eigenvalue weighted by atomic mass is 10.2. The largest absolute Gasteiger partial charge is 0.468 e. The van der Waals surface area contributed by atoms with E-state index in [9.17, 15) is 9.59 Å². The van der Waals surface area contributed by atoms with E-state index in [1.165, 1.54) is 11.7 Å². The van der Waals surface area contributed by atoms with Gasteiger partial charge in [-0.25, -0.2) is 4.98 Å². The van der Waals surface area contributed by atoms with Crippen LogP contribution in [-0.2, 0) is 9.53 Å². The van der Waals surface area contributed by atoms with E-state index in [4.69, 9.17) is 27.9 Å². The Morgan fingerprint density at radius 3 is 2.46 bits per heavy atom. The lowest BCUT2D eigenvalue weighted by Crippen LogP contribution is -2.24. The first-order valence-corrected chi connectivity index (χ1v) is 9.27. The van der Waals surface area contributed by atoms with Crippen LogP contribution >= 0.6 is 35.0 Å². The van der Waals surface area contributed by atoms with Gasteiger partial charge in [0.25, 0.3) is 5.56 Å². The molecular weight excluding hydrogens is 395 g/mol. The first-order chi connectivity index (χ1) is 12.4. The molecule has 2 aromatic carbocycles. The molecule has 3 aromatic rings. The fourth-order valence-electron chi connectivity index (χ4n) is 2.41. The number of benzene rings is 2. The second-order valence-electron chi connectivity index (χ2n) is 5.46. The van der Waals surface area contributed by atoms with Gasteiger partial charge < -0.3 is 4.74 Å². The molecule has 0 aliphatic heterocycles. The van der Waals surface area contributed by atoms with Crippen LogP contribution in [0.25, 0.3) is 16.6 Å². The van der Waals surface area contributed by atoms with E-state index in [2.05, 4.69) is 4.98 Å². The SMILES string of the molecule is COC(=O)C(C)Sc1nc2cc(Cl)ccc2c(=O)n1-c1ccc(Cl)cc1. The molecule has 0 amide bonds. The van der Waals surface area contributed by atoms with Crippen LogP contribution in [0.3, 0.4) is 0 Å². The highest BCUT2D eigenvalue weighted by Gasteiger charge is 2.20. The van der Waals surface area contributed by atoms with Crippen LogP contribution in [-0.4, -0.2) is 27.9 Å². The standard InChI is InChI=1S/C18H14Cl2N2O3S/c1-10(17(24)25-2)26-18-21-15-9-12(20)5-8-14(15)16(23)22(18)13-6-3-11(19)4-7-13/h3-10H,1-2H3. The molecule has 1 heterocycles. The molecule has 0 saturated heterocycles. The number of methoxy groups -OCH3 is 1. The summed E-state index contributed by atoms with van der Waals surface area (Å²) in [5.41, 5.74) is 0.809. The summed E-state index contributed by atoms with van der Waals surface area (Å²) in [4.78, 5) is 29.5. The normalized spacial score (nSPS) is 12.2. The lowest BCUT2D eigenvalue weighted by molar-refractivity contribution is -0.139. The summed E-state index contributed by atoms with van der Waals surface area (Å²) in [5.74, 6) is -0.405. The number of carbonyl (C=O) groups is 1. The van der Waals surface area contributed by atoms with E-state index in [-0.39, 0.29) is 5.56 Å². The maximum atomic E-state index is 13.1. The second-order valence-corrected chi connectivity index (χ2v) is 7.64. The van der Waals surface area contributed by atoms with Gasteiger partial charge in [0.2, 0.25) is 0 Å². The third-order valence-electron chi connectivity index (χ3n) is 3.70. The topological polar surface area (TPSA) is 61.2 Å². The van der Waals surface area contributed by atoms with E-state index in [0.717, 1.165) is 11.8 Å². The van der Waals surface area contributed by atoms with Crippen molar-refractivity contribution in [2.45, 2.75) is 17.3 Å². The van der Waals surface area contributed by atoms with Gasteiger partial charge in [0.15, 0.2) is 5.16 Å². The molecule has 1 unspecified atom stereocenters. The molecule has 0 spiro atoms. The molecule has 26 heavy (non-hydrogen) atoms. The molecule has 1 atom stereocenters. The van der Waals surface area contributed by atoms with E-state index in [0.29, 0.717) is 31.8 Å². The zero-order valence-corrected chi connectivity index (χ0v) is 16.2. The highest BCUT2D eigenvalue weighted by Crippen LogP contribution is 2.27.